The number of methoxy groups -OCH3 is 2. The van der Waals surface area contributed by atoms with Crippen LogP contribution in [0.1, 0.15) is 41.9 Å². The molecule has 1 atom stereocenters. The third-order valence-corrected chi connectivity index (χ3v) is 7.05. The summed E-state index contributed by atoms with van der Waals surface area (Å²) in [6.45, 7) is 6.21. The quantitative estimate of drug-likeness (QED) is 0.475. The number of hydrogen-bond donors (Lipinski definition) is 1. The summed E-state index contributed by atoms with van der Waals surface area (Å²) in [5.74, 6) is 1.00. The number of allylic oxidation sites excluding steroid dienone is 1. The molecule has 2 aromatic carbocycles. The van der Waals surface area contributed by atoms with Crippen LogP contribution in [-0.2, 0) is 4.79 Å². The number of nitrogens with zero attached hydrogens (tertiary/aromatic N) is 1. The van der Waals surface area contributed by atoms with Crippen molar-refractivity contribution in [2.45, 2.75) is 32.1 Å². The first kappa shape index (κ1) is 23.4. The number of benzene rings is 2. The summed E-state index contributed by atoms with van der Waals surface area (Å²) in [6.07, 6.45) is 3.78. The number of amides is 1. The van der Waals surface area contributed by atoms with E-state index in [0.29, 0.717) is 28.1 Å². The summed E-state index contributed by atoms with van der Waals surface area (Å²) in [5, 5.41) is 3.98. The summed E-state index contributed by atoms with van der Waals surface area (Å²) < 4.78 is 10.9. The van der Waals surface area contributed by atoms with Gasteiger partial charge in [-0.2, -0.15) is 0 Å². The standard InChI is InChI=1S/C26H26Cl2N2O3/c1-5-22(31)30-19-9-6-14(2)10-18(19)26-17-8-7-15(11-16(17)13-29-26)23-24(27)20(32-3)12-21(33-4)25(23)28/h5-6,9-10,12,15H,1,7-8,11,13H2,2-4H3,(H,30,31). The maximum atomic E-state index is 12.0. The number of ether oxygens (including phenoxy) is 2. The molecule has 0 radical (unpaired) electrons. The predicted octanol–water partition coefficient (Wildman–Crippen LogP) is 6.51. The minimum atomic E-state index is -0.243. The van der Waals surface area contributed by atoms with Gasteiger partial charge in [-0.05, 0) is 61.5 Å². The fraction of sp³-hybridized carbons (Fsp3) is 0.308. The highest BCUT2D eigenvalue weighted by Gasteiger charge is 2.33. The van der Waals surface area contributed by atoms with Crippen LogP contribution < -0.4 is 14.8 Å². The summed E-state index contributed by atoms with van der Waals surface area (Å²) in [7, 11) is 3.17. The molecule has 0 bridgehead atoms. The van der Waals surface area contributed by atoms with E-state index >= 15 is 0 Å². The predicted molar refractivity (Wildman–Crippen MR) is 135 cm³/mol. The molecule has 1 unspecified atom stereocenters. The molecule has 2 aromatic rings. The van der Waals surface area contributed by atoms with Crippen molar-refractivity contribution in [3.8, 4) is 11.5 Å². The normalized spacial score (nSPS) is 17.4. The van der Waals surface area contributed by atoms with Gasteiger partial charge in [0.2, 0.25) is 5.91 Å². The SMILES string of the molecule is C=CC(=O)Nc1ccc(C)cc1C1=NCC2=C1CCC(c1c(Cl)c(OC)cc(OC)c1Cl)C2. The van der Waals surface area contributed by atoms with Gasteiger partial charge in [-0.15, -0.1) is 0 Å². The molecule has 5 nitrogen and oxygen atoms in total. The molecule has 2 aliphatic rings. The van der Waals surface area contributed by atoms with Crippen molar-refractivity contribution in [2.75, 3.05) is 26.1 Å². The number of halogens is 2. The average molecular weight is 485 g/mol. The van der Waals surface area contributed by atoms with Gasteiger partial charge in [0, 0.05) is 17.2 Å². The van der Waals surface area contributed by atoms with Crippen molar-refractivity contribution in [2.24, 2.45) is 4.99 Å². The number of aliphatic imine (C=N–C) groups is 1. The molecule has 1 amide bonds. The van der Waals surface area contributed by atoms with E-state index in [1.165, 1.54) is 17.2 Å². The lowest BCUT2D eigenvalue weighted by Crippen LogP contribution is -2.16. The molecule has 0 fully saturated rings. The summed E-state index contributed by atoms with van der Waals surface area (Å²) >= 11 is 13.4. The van der Waals surface area contributed by atoms with Gasteiger partial charge in [0.25, 0.3) is 0 Å². The second-order valence-electron chi connectivity index (χ2n) is 8.25. The van der Waals surface area contributed by atoms with Crippen LogP contribution >= 0.6 is 23.2 Å². The summed E-state index contributed by atoms with van der Waals surface area (Å²) in [6, 6.07) is 7.68. The second kappa shape index (κ2) is 9.62. The zero-order chi connectivity index (χ0) is 23.7. The molecule has 0 saturated carbocycles. The Morgan fingerprint density at radius 3 is 2.52 bits per heavy atom. The molecule has 1 N–H and O–H groups in total. The number of rotatable bonds is 6. The van der Waals surface area contributed by atoms with Crippen molar-refractivity contribution in [3.05, 3.63) is 74.8 Å². The number of aryl methyl sites for hydroxylation is 1. The fourth-order valence-corrected chi connectivity index (χ4v) is 5.45. The Balaban J connectivity index is 1.68. The van der Waals surface area contributed by atoms with Gasteiger partial charge in [-0.3, -0.25) is 9.79 Å². The van der Waals surface area contributed by atoms with E-state index in [1.54, 1.807) is 20.3 Å². The highest BCUT2D eigenvalue weighted by atomic mass is 35.5. The van der Waals surface area contributed by atoms with E-state index in [9.17, 15) is 4.79 Å². The lowest BCUT2D eigenvalue weighted by molar-refractivity contribution is -0.111. The first-order valence-electron chi connectivity index (χ1n) is 10.8. The number of hydrogen-bond acceptors (Lipinski definition) is 4. The van der Waals surface area contributed by atoms with Crippen LogP contribution in [0.5, 0.6) is 11.5 Å². The highest BCUT2D eigenvalue weighted by Crippen LogP contribution is 2.49. The molecule has 33 heavy (non-hydrogen) atoms. The van der Waals surface area contributed by atoms with Crippen LogP contribution in [0, 0.1) is 6.92 Å². The van der Waals surface area contributed by atoms with Gasteiger partial charge in [-0.1, -0.05) is 41.4 Å². The zero-order valence-corrected chi connectivity index (χ0v) is 20.4. The van der Waals surface area contributed by atoms with E-state index in [2.05, 4.69) is 18.0 Å². The first-order chi connectivity index (χ1) is 15.9. The maximum absolute atomic E-state index is 12.0. The van der Waals surface area contributed by atoms with Gasteiger partial charge in [0.1, 0.15) is 11.5 Å². The lowest BCUT2D eigenvalue weighted by Gasteiger charge is -2.27. The largest absolute Gasteiger partial charge is 0.495 e. The second-order valence-corrected chi connectivity index (χ2v) is 9.01. The Bertz CT molecular complexity index is 1170. The van der Waals surface area contributed by atoms with Crippen LogP contribution in [0.3, 0.4) is 0 Å². The molecule has 0 aromatic heterocycles. The monoisotopic (exact) mass is 484 g/mol. The number of nitrogens with one attached hydrogen (secondary N) is 1. The van der Waals surface area contributed by atoms with Gasteiger partial charge < -0.3 is 14.8 Å². The van der Waals surface area contributed by atoms with Gasteiger partial charge in [0.05, 0.1) is 42.2 Å². The Morgan fingerprint density at radius 2 is 1.88 bits per heavy atom. The Morgan fingerprint density at radius 1 is 1.18 bits per heavy atom. The number of carbonyl (C=O) groups is 1. The van der Waals surface area contributed by atoms with Crippen LogP contribution in [0.2, 0.25) is 10.0 Å². The molecule has 1 aliphatic heterocycles. The molecule has 0 spiro atoms. The van der Waals surface area contributed by atoms with Crippen LogP contribution in [0.4, 0.5) is 5.69 Å². The molecule has 0 saturated heterocycles. The first-order valence-corrected chi connectivity index (χ1v) is 11.5. The van der Waals surface area contributed by atoms with E-state index < -0.39 is 0 Å². The molecule has 1 aliphatic carbocycles. The summed E-state index contributed by atoms with van der Waals surface area (Å²) in [4.78, 5) is 16.8. The molecule has 172 valence electrons. The Kier molecular flexibility index (Phi) is 6.82. The zero-order valence-electron chi connectivity index (χ0n) is 18.9. The third-order valence-electron chi connectivity index (χ3n) is 6.27. The van der Waals surface area contributed by atoms with Crippen LogP contribution in [-0.4, -0.2) is 32.4 Å². The van der Waals surface area contributed by atoms with Crippen molar-refractivity contribution in [1.82, 2.24) is 0 Å². The van der Waals surface area contributed by atoms with Crippen molar-refractivity contribution in [3.63, 3.8) is 0 Å². The number of carbonyl (C=O) groups excluding carboxylic acids is 1. The van der Waals surface area contributed by atoms with E-state index in [-0.39, 0.29) is 11.8 Å². The molecule has 7 heteroatoms. The molecule has 1 heterocycles. The highest BCUT2D eigenvalue weighted by molar-refractivity contribution is 6.38. The van der Waals surface area contributed by atoms with Crippen molar-refractivity contribution in [1.29, 1.82) is 0 Å². The molecular formula is C26H26Cl2N2O3. The van der Waals surface area contributed by atoms with Crippen molar-refractivity contribution < 1.29 is 14.3 Å². The number of anilines is 1. The van der Waals surface area contributed by atoms with Crippen LogP contribution in [0.25, 0.3) is 0 Å². The van der Waals surface area contributed by atoms with Gasteiger partial charge in [-0.25, -0.2) is 0 Å². The maximum Gasteiger partial charge on any atom is 0.247 e. The molecule has 4 rings (SSSR count). The minimum Gasteiger partial charge on any atom is -0.495 e. The fourth-order valence-electron chi connectivity index (χ4n) is 4.64. The van der Waals surface area contributed by atoms with Crippen LogP contribution in [0.15, 0.2) is 53.1 Å². The smallest absolute Gasteiger partial charge is 0.247 e. The Hall–Kier alpha value is -2.76. The third kappa shape index (κ3) is 4.40. The minimum absolute atomic E-state index is 0.139. The van der Waals surface area contributed by atoms with Gasteiger partial charge in [0.15, 0.2) is 0 Å². The average Bonchev–Trinajstić information content (AvgIpc) is 3.23. The van der Waals surface area contributed by atoms with E-state index in [4.69, 9.17) is 37.7 Å². The topological polar surface area (TPSA) is 59.9 Å². The lowest BCUT2D eigenvalue weighted by atomic mass is 9.78. The van der Waals surface area contributed by atoms with Crippen molar-refractivity contribution >= 4 is 40.5 Å². The van der Waals surface area contributed by atoms with E-state index in [1.807, 2.05) is 19.1 Å². The summed E-state index contributed by atoms with van der Waals surface area (Å²) in [5.41, 5.74) is 7.12. The van der Waals surface area contributed by atoms with Gasteiger partial charge >= 0.3 is 0 Å². The van der Waals surface area contributed by atoms with E-state index in [0.717, 1.165) is 47.4 Å². The Labute approximate surface area is 204 Å². The molecular weight excluding hydrogens is 459 g/mol.